The van der Waals surface area contributed by atoms with Crippen molar-refractivity contribution < 1.29 is 19.1 Å². The molecule has 0 atom stereocenters. The van der Waals surface area contributed by atoms with Gasteiger partial charge in [-0.25, -0.2) is 4.58 Å². The van der Waals surface area contributed by atoms with Crippen LogP contribution in [0.1, 0.15) is 31.1 Å². The zero-order chi connectivity index (χ0) is 24.1. The number of hydrogen-bond acceptors (Lipinski definition) is 4. The lowest BCUT2D eigenvalue weighted by molar-refractivity contribution is 0.0945. The molecule has 0 fully saturated rings. The Labute approximate surface area is 199 Å². The Hall–Kier alpha value is -3.64. The number of carbonyl (C=O) groups excluding carboxylic acids is 1. The molecule has 2 aromatic rings. The number of ether oxygens (including phenoxy) is 1. The molecular formula is C28H31N2O4+. The third kappa shape index (κ3) is 4.54. The topological polar surface area (TPSA) is 74.7 Å². The van der Waals surface area contributed by atoms with Gasteiger partial charge in [-0.15, -0.1) is 0 Å². The zero-order valence-corrected chi connectivity index (χ0v) is 19.9. The van der Waals surface area contributed by atoms with E-state index < -0.39 is 0 Å². The Balaban J connectivity index is 2.06. The van der Waals surface area contributed by atoms with Gasteiger partial charge in [0.1, 0.15) is 30.2 Å². The van der Waals surface area contributed by atoms with Crippen LogP contribution in [0.15, 0.2) is 65.1 Å². The van der Waals surface area contributed by atoms with Crippen molar-refractivity contribution in [2.24, 2.45) is 0 Å². The molecule has 2 N–H and O–H groups in total. The molecule has 1 amide bonds. The maximum Gasteiger partial charge on any atom is 0.251 e. The zero-order valence-electron chi connectivity index (χ0n) is 19.9. The lowest BCUT2D eigenvalue weighted by Crippen LogP contribution is -2.29. The minimum atomic E-state index is -0.225. The number of amides is 1. The molecule has 1 heterocycles. The fourth-order valence-corrected chi connectivity index (χ4v) is 4.36. The maximum atomic E-state index is 13.0. The predicted molar refractivity (Wildman–Crippen MR) is 135 cm³/mol. The molecule has 1 aliphatic carbocycles. The van der Waals surface area contributed by atoms with E-state index in [1.165, 1.54) is 0 Å². The Bertz CT molecular complexity index is 1350. The van der Waals surface area contributed by atoms with Gasteiger partial charge in [0.2, 0.25) is 5.36 Å². The van der Waals surface area contributed by atoms with E-state index in [1.807, 2.05) is 49.4 Å². The summed E-state index contributed by atoms with van der Waals surface area (Å²) in [5, 5.41) is 13.9. The predicted octanol–water partition coefficient (Wildman–Crippen LogP) is 4.14. The summed E-state index contributed by atoms with van der Waals surface area (Å²) in [5.74, 6) is 1.25. The molecule has 0 unspecified atom stereocenters. The number of nitrogens with zero attached hydrogens (tertiary/aromatic N) is 1. The summed E-state index contributed by atoms with van der Waals surface area (Å²) in [7, 11) is 0. The first-order chi connectivity index (χ1) is 16.6. The lowest BCUT2D eigenvalue weighted by atomic mass is 9.90. The van der Waals surface area contributed by atoms with Crippen LogP contribution in [0.5, 0.6) is 5.75 Å². The number of rotatable bonds is 8. The first kappa shape index (κ1) is 23.5. The summed E-state index contributed by atoms with van der Waals surface area (Å²) in [6.45, 7) is 8.65. The third-order valence-corrected chi connectivity index (χ3v) is 5.95. The number of aliphatic hydroxyl groups excluding tert-OH is 1. The van der Waals surface area contributed by atoms with E-state index in [2.05, 4.69) is 41.9 Å². The highest BCUT2D eigenvalue weighted by atomic mass is 16.5. The van der Waals surface area contributed by atoms with Gasteiger partial charge in [0.15, 0.2) is 0 Å². The van der Waals surface area contributed by atoms with Crippen LogP contribution in [0.3, 0.4) is 0 Å². The molecule has 0 radical (unpaired) electrons. The van der Waals surface area contributed by atoms with Gasteiger partial charge >= 0.3 is 0 Å². The molecule has 6 nitrogen and oxygen atoms in total. The van der Waals surface area contributed by atoms with Crippen molar-refractivity contribution in [1.82, 2.24) is 9.89 Å². The molecule has 34 heavy (non-hydrogen) atoms. The maximum absolute atomic E-state index is 13.0. The minimum absolute atomic E-state index is 0.113. The second kappa shape index (κ2) is 10.5. The quantitative estimate of drug-likeness (QED) is 0.307. The standard InChI is InChI=1S/C28H30N2O4/c1-4-30(5-2)19-11-13-23-25(17-19)34-26-18-20(33-6-3)12-14-24(26)27(23)21-9-7-8-10-22(21)28(32)29-15-16-31/h7-14,17-18,31H,4-6,15-16H2,1-3H3/p+1. The molecule has 1 aliphatic heterocycles. The molecule has 176 valence electrons. The molecule has 4 rings (SSSR count). The van der Waals surface area contributed by atoms with Gasteiger partial charge in [0.25, 0.3) is 5.91 Å². The second-order valence-corrected chi connectivity index (χ2v) is 7.95. The number of nitrogens with one attached hydrogen (secondary N) is 1. The number of aliphatic hydroxyl groups is 1. The first-order valence-corrected chi connectivity index (χ1v) is 11.8. The van der Waals surface area contributed by atoms with Crippen LogP contribution in [0, 0.1) is 0 Å². The van der Waals surface area contributed by atoms with Gasteiger partial charge in [0, 0.05) is 40.8 Å². The van der Waals surface area contributed by atoms with Crippen LogP contribution in [0.2, 0.25) is 0 Å². The Morgan fingerprint density at radius 3 is 2.53 bits per heavy atom. The summed E-state index contributed by atoms with van der Waals surface area (Å²) in [4.78, 5) is 13.0. The smallest absolute Gasteiger partial charge is 0.251 e. The highest BCUT2D eigenvalue weighted by Crippen LogP contribution is 2.41. The molecular weight excluding hydrogens is 428 g/mol. The Kier molecular flexibility index (Phi) is 7.28. The summed E-state index contributed by atoms with van der Waals surface area (Å²) in [6, 6.07) is 19.6. The van der Waals surface area contributed by atoms with Crippen molar-refractivity contribution in [3.63, 3.8) is 0 Å². The molecule has 0 bridgehead atoms. The number of fused-ring (bicyclic) bond motifs is 2. The minimum Gasteiger partial charge on any atom is -0.494 e. The number of carbonyl (C=O) groups is 1. The van der Waals surface area contributed by atoms with Crippen molar-refractivity contribution in [3.8, 4) is 28.2 Å². The van der Waals surface area contributed by atoms with E-state index in [9.17, 15) is 4.79 Å². The van der Waals surface area contributed by atoms with Crippen molar-refractivity contribution in [3.05, 3.63) is 71.6 Å². The van der Waals surface area contributed by atoms with E-state index in [4.69, 9.17) is 14.3 Å². The SMILES string of the molecule is CCOc1ccc2c(-c3ccccc3C(=O)NCCO)c3ccc(=[N+](CC)CC)cc-3oc2c1. The van der Waals surface area contributed by atoms with Crippen LogP contribution in [-0.4, -0.2) is 43.9 Å². The van der Waals surface area contributed by atoms with Crippen LogP contribution in [-0.2, 0) is 0 Å². The monoisotopic (exact) mass is 459 g/mol. The average molecular weight is 460 g/mol. The summed E-state index contributed by atoms with van der Waals surface area (Å²) < 4.78 is 14.4. The fourth-order valence-electron chi connectivity index (χ4n) is 4.36. The molecule has 0 aromatic heterocycles. The normalized spacial score (nSPS) is 11.1. The summed E-state index contributed by atoms with van der Waals surface area (Å²) >= 11 is 0. The second-order valence-electron chi connectivity index (χ2n) is 7.95. The highest BCUT2D eigenvalue weighted by Gasteiger charge is 2.22. The average Bonchev–Trinajstić information content (AvgIpc) is 2.86. The van der Waals surface area contributed by atoms with Crippen molar-refractivity contribution >= 4 is 16.9 Å². The third-order valence-electron chi connectivity index (χ3n) is 5.95. The number of hydrogen-bond donors (Lipinski definition) is 2. The van der Waals surface area contributed by atoms with E-state index in [1.54, 1.807) is 0 Å². The van der Waals surface area contributed by atoms with Crippen molar-refractivity contribution in [1.29, 1.82) is 0 Å². The van der Waals surface area contributed by atoms with Crippen molar-refractivity contribution in [2.45, 2.75) is 20.8 Å². The summed E-state index contributed by atoms with van der Waals surface area (Å²) in [6.07, 6.45) is 0. The lowest BCUT2D eigenvalue weighted by Gasteiger charge is -2.18. The van der Waals surface area contributed by atoms with Crippen molar-refractivity contribution in [2.75, 3.05) is 32.8 Å². The first-order valence-electron chi connectivity index (χ1n) is 11.8. The van der Waals surface area contributed by atoms with Crippen LogP contribution >= 0.6 is 0 Å². The Morgan fingerprint density at radius 2 is 1.79 bits per heavy atom. The molecule has 0 spiro atoms. The van der Waals surface area contributed by atoms with Gasteiger partial charge in [-0.3, -0.25) is 4.79 Å². The van der Waals surface area contributed by atoms with Gasteiger partial charge < -0.3 is 19.6 Å². The molecule has 2 aromatic carbocycles. The fraction of sp³-hybridized carbons (Fsp3) is 0.286. The molecule has 0 saturated carbocycles. The Morgan fingerprint density at radius 1 is 1.00 bits per heavy atom. The summed E-state index contributed by atoms with van der Waals surface area (Å²) in [5.41, 5.74) is 3.90. The highest BCUT2D eigenvalue weighted by molar-refractivity contribution is 6.09. The van der Waals surface area contributed by atoms with E-state index in [-0.39, 0.29) is 19.1 Å². The van der Waals surface area contributed by atoms with Gasteiger partial charge in [-0.2, -0.15) is 0 Å². The van der Waals surface area contributed by atoms with E-state index in [0.717, 1.165) is 52.0 Å². The van der Waals surface area contributed by atoms with Gasteiger partial charge in [-0.05, 0) is 50.6 Å². The molecule has 6 heteroatoms. The van der Waals surface area contributed by atoms with Gasteiger partial charge in [0.05, 0.1) is 19.3 Å². The molecule has 2 aliphatic rings. The largest absolute Gasteiger partial charge is 0.494 e. The van der Waals surface area contributed by atoms with Crippen LogP contribution in [0.4, 0.5) is 0 Å². The molecule has 0 saturated heterocycles. The van der Waals surface area contributed by atoms with Crippen LogP contribution < -0.4 is 20.0 Å². The van der Waals surface area contributed by atoms with Crippen LogP contribution in [0.25, 0.3) is 33.4 Å². The van der Waals surface area contributed by atoms with Gasteiger partial charge in [-0.1, -0.05) is 18.2 Å². The van der Waals surface area contributed by atoms with E-state index >= 15 is 0 Å². The van der Waals surface area contributed by atoms with E-state index in [0.29, 0.717) is 17.8 Å². The number of benzene rings is 3.